The maximum atomic E-state index is 5.10. The topological polar surface area (TPSA) is 21.3 Å². The molecule has 0 unspecified atom stereocenters. The van der Waals surface area contributed by atoms with Crippen molar-refractivity contribution in [1.29, 1.82) is 0 Å². The summed E-state index contributed by atoms with van der Waals surface area (Å²) in [7, 11) is 0. The van der Waals surface area contributed by atoms with Gasteiger partial charge < -0.3 is 4.84 Å². The molecule has 76 valence electrons. The molecule has 2 nitrogen and oxygen atoms in total. The number of hydrogen-bond acceptors (Lipinski definition) is 2. The predicted molar refractivity (Wildman–Crippen MR) is 56.9 cm³/mol. The van der Waals surface area contributed by atoms with Crippen LogP contribution in [0.1, 0.15) is 36.8 Å². The Hall–Kier alpha value is -0.860. The van der Waals surface area contributed by atoms with Gasteiger partial charge in [0.2, 0.25) is 0 Å². The highest BCUT2D eigenvalue weighted by atomic mass is 16.6. The zero-order valence-corrected chi connectivity index (χ0v) is 8.62. The summed E-state index contributed by atoms with van der Waals surface area (Å²) in [5.41, 5.74) is 5.73. The summed E-state index contributed by atoms with van der Waals surface area (Å²) in [4.78, 5) is 5.10. The Morgan fingerprint density at radius 2 is 2.29 bits per heavy atom. The summed E-state index contributed by atoms with van der Waals surface area (Å²) >= 11 is 0. The van der Waals surface area contributed by atoms with Gasteiger partial charge in [0.15, 0.2) is 0 Å². The van der Waals surface area contributed by atoms with Crippen LogP contribution in [0.15, 0.2) is 24.3 Å². The van der Waals surface area contributed by atoms with Crippen molar-refractivity contribution in [2.24, 2.45) is 0 Å². The highest BCUT2D eigenvalue weighted by Gasteiger charge is 2.23. The minimum Gasteiger partial charge on any atom is -0.302 e. The third kappa shape index (κ3) is 2.56. The highest BCUT2D eigenvalue weighted by molar-refractivity contribution is 5.28. The van der Waals surface area contributed by atoms with Crippen LogP contribution in [0.4, 0.5) is 0 Å². The van der Waals surface area contributed by atoms with Crippen molar-refractivity contribution < 1.29 is 4.84 Å². The third-order valence-corrected chi connectivity index (χ3v) is 2.52. The maximum absolute atomic E-state index is 5.10. The molecule has 0 amide bonds. The molecule has 0 radical (unpaired) electrons. The zero-order chi connectivity index (χ0) is 9.80. The first-order chi connectivity index (χ1) is 6.90. The minimum atomic E-state index is 0.711. The van der Waals surface area contributed by atoms with E-state index >= 15 is 0 Å². The van der Waals surface area contributed by atoms with Crippen molar-refractivity contribution in [3.63, 3.8) is 0 Å². The first-order valence-electron chi connectivity index (χ1n) is 5.33. The van der Waals surface area contributed by atoms with Crippen molar-refractivity contribution >= 4 is 0 Å². The zero-order valence-electron chi connectivity index (χ0n) is 8.62. The molecule has 1 aliphatic rings. The first-order valence-corrected chi connectivity index (χ1v) is 5.33. The van der Waals surface area contributed by atoms with E-state index in [1.165, 1.54) is 24.0 Å². The molecular formula is C12H17NO. The normalized spacial score (nSPS) is 15.8. The molecular weight excluding hydrogens is 174 g/mol. The summed E-state index contributed by atoms with van der Waals surface area (Å²) < 4.78 is 0. The molecule has 0 aromatic heterocycles. The second-order valence-corrected chi connectivity index (χ2v) is 3.77. The van der Waals surface area contributed by atoms with E-state index in [2.05, 4.69) is 29.7 Å². The SMILES string of the molecule is CCONCc1cccc(C2CC2)c1. The van der Waals surface area contributed by atoms with Crippen molar-refractivity contribution in [2.45, 2.75) is 32.2 Å². The molecule has 1 saturated carbocycles. The number of hydroxylamine groups is 1. The van der Waals surface area contributed by atoms with E-state index < -0.39 is 0 Å². The van der Waals surface area contributed by atoms with Gasteiger partial charge in [-0.3, -0.25) is 0 Å². The fraction of sp³-hybridized carbons (Fsp3) is 0.500. The summed E-state index contributed by atoms with van der Waals surface area (Å²) in [6.07, 6.45) is 2.73. The molecule has 0 saturated heterocycles. The summed E-state index contributed by atoms with van der Waals surface area (Å²) in [5.74, 6) is 0.835. The highest BCUT2D eigenvalue weighted by Crippen LogP contribution is 2.40. The Kier molecular flexibility index (Phi) is 3.17. The van der Waals surface area contributed by atoms with Crippen molar-refractivity contribution in [3.8, 4) is 0 Å². The van der Waals surface area contributed by atoms with Crippen LogP contribution in [0.2, 0.25) is 0 Å². The molecule has 0 bridgehead atoms. The molecule has 1 fully saturated rings. The average molecular weight is 191 g/mol. The summed E-state index contributed by atoms with van der Waals surface area (Å²) in [5, 5.41) is 0. The predicted octanol–water partition coefficient (Wildman–Crippen LogP) is 2.61. The summed E-state index contributed by atoms with van der Waals surface area (Å²) in [6, 6.07) is 8.78. The third-order valence-electron chi connectivity index (χ3n) is 2.52. The molecule has 0 spiro atoms. The van der Waals surface area contributed by atoms with E-state index in [0.29, 0.717) is 6.61 Å². The van der Waals surface area contributed by atoms with Gasteiger partial charge in [-0.25, -0.2) is 0 Å². The maximum Gasteiger partial charge on any atom is 0.0654 e. The largest absolute Gasteiger partial charge is 0.302 e. The van der Waals surface area contributed by atoms with E-state index in [0.717, 1.165) is 12.5 Å². The van der Waals surface area contributed by atoms with E-state index in [4.69, 9.17) is 4.84 Å². The van der Waals surface area contributed by atoms with E-state index in [1.807, 2.05) is 6.92 Å². The van der Waals surface area contributed by atoms with Crippen LogP contribution in [-0.4, -0.2) is 6.61 Å². The van der Waals surface area contributed by atoms with Crippen LogP contribution in [0, 0.1) is 0 Å². The Morgan fingerprint density at radius 3 is 3.00 bits per heavy atom. The van der Waals surface area contributed by atoms with E-state index in [-0.39, 0.29) is 0 Å². The molecule has 1 N–H and O–H groups in total. The number of nitrogens with one attached hydrogen (secondary N) is 1. The molecule has 0 aliphatic heterocycles. The van der Waals surface area contributed by atoms with Gasteiger partial charge in [0.25, 0.3) is 0 Å². The molecule has 14 heavy (non-hydrogen) atoms. The quantitative estimate of drug-likeness (QED) is 0.570. The van der Waals surface area contributed by atoms with E-state index in [1.54, 1.807) is 0 Å². The van der Waals surface area contributed by atoms with Gasteiger partial charge in [0.05, 0.1) is 6.61 Å². The van der Waals surface area contributed by atoms with Crippen LogP contribution >= 0.6 is 0 Å². The monoisotopic (exact) mass is 191 g/mol. The fourth-order valence-corrected chi connectivity index (χ4v) is 1.61. The lowest BCUT2D eigenvalue weighted by atomic mass is 10.1. The molecule has 0 atom stereocenters. The second kappa shape index (κ2) is 4.58. The van der Waals surface area contributed by atoms with Gasteiger partial charge in [-0.1, -0.05) is 24.3 Å². The number of rotatable bonds is 5. The fourth-order valence-electron chi connectivity index (χ4n) is 1.61. The van der Waals surface area contributed by atoms with Gasteiger partial charge in [-0.2, -0.15) is 5.48 Å². The first kappa shape index (κ1) is 9.69. The van der Waals surface area contributed by atoms with Crippen molar-refractivity contribution in [2.75, 3.05) is 6.61 Å². The second-order valence-electron chi connectivity index (χ2n) is 3.77. The Bertz CT molecular complexity index is 294. The van der Waals surface area contributed by atoms with Crippen LogP contribution < -0.4 is 5.48 Å². The molecule has 0 heterocycles. The lowest BCUT2D eigenvalue weighted by molar-refractivity contribution is 0.0463. The van der Waals surface area contributed by atoms with Gasteiger partial charge in [0, 0.05) is 6.54 Å². The lowest BCUT2D eigenvalue weighted by Gasteiger charge is -2.05. The Labute approximate surface area is 85.2 Å². The molecule has 2 heteroatoms. The van der Waals surface area contributed by atoms with Crippen molar-refractivity contribution in [3.05, 3.63) is 35.4 Å². The Balaban J connectivity index is 1.92. The lowest BCUT2D eigenvalue weighted by Crippen LogP contribution is -2.13. The Morgan fingerprint density at radius 1 is 1.43 bits per heavy atom. The number of hydrogen-bond donors (Lipinski definition) is 1. The van der Waals surface area contributed by atoms with Gasteiger partial charge >= 0.3 is 0 Å². The molecule has 2 rings (SSSR count). The van der Waals surface area contributed by atoms with Gasteiger partial charge in [-0.15, -0.1) is 0 Å². The molecule has 1 aliphatic carbocycles. The van der Waals surface area contributed by atoms with Gasteiger partial charge in [-0.05, 0) is 36.8 Å². The van der Waals surface area contributed by atoms with Gasteiger partial charge in [0.1, 0.15) is 0 Å². The molecule has 1 aromatic carbocycles. The number of benzene rings is 1. The standard InChI is InChI=1S/C12H17NO/c1-2-14-13-9-10-4-3-5-12(8-10)11-6-7-11/h3-5,8,11,13H,2,6-7,9H2,1H3. The smallest absolute Gasteiger partial charge is 0.0654 e. The van der Waals surface area contributed by atoms with Crippen LogP contribution in [-0.2, 0) is 11.4 Å². The van der Waals surface area contributed by atoms with E-state index in [9.17, 15) is 0 Å². The summed E-state index contributed by atoms with van der Waals surface area (Å²) in [6.45, 7) is 3.49. The molecule has 1 aromatic rings. The van der Waals surface area contributed by atoms with Crippen LogP contribution in [0.3, 0.4) is 0 Å². The van der Waals surface area contributed by atoms with Crippen molar-refractivity contribution in [1.82, 2.24) is 5.48 Å². The average Bonchev–Trinajstić information content (AvgIpc) is 3.02. The van der Waals surface area contributed by atoms with Crippen LogP contribution in [0.25, 0.3) is 0 Å². The van der Waals surface area contributed by atoms with Crippen LogP contribution in [0.5, 0.6) is 0 Å². The minimum absolute atomic E-state index is 0.711.